The van der Waals surface area contributed by atoms with Gasteiger partial charge in [-0.05, 0) is 94.5 Å². The molecule has 0 aliphatic carbocycles. The molecule has 1 aliphatic rings. The smallest absolute Gasteiger partial charge is 0.426 e. The molecule has 0 radical (unpaired) electrons. The highest BCUT2D eigenvalue weighted by atomic mass is 33.1. The van der Waals surface area contributed by atoms with Gasteiger partial charge in [-0.25, -0.2) is 19.6 Å². The Kier molecular flexibility index (Phi) is 39.8. The number of carbonyl (C=O) groups excluding carboxylic acids is 8. The number of aliphatic hydroxyl groups is 1. The lowest BCUT2D eigenvalue weighted by atomic mass is 9.92. The number of nitrogens with zero attached hydrogens (tertiary/aromatic N) is 3. The average molecular weight is 1330 g/mol. The van der Waals surface area contributed by atoms with Gasteiger partial charge in [0.05, 0.1) is 18.8 Å². The van der Waals surface area contributed by atoms with Gasteiger partial charge in [0.1, 0.15) is 35.8 Å². The molecular weight excluding hydrogens is 1220 g/mol. The summed E-state index contributed by atoms with van der Waals surface area (Å²) in [5, 5.41) is 20.2. The van der Waals surface area contributed by atoms with Crippen LogP contribution in [0.2, 0.25) is 0 Å². The van der Waals surface area contributed by atoms with Crippen LogP contribution in [0, 0.1) is 23.6 Å². The SMILES string of the molecule is CCC(CO)OC(COC(=O)CCCC(=O)NCCCCCCCCCCCSSCCOC(=O)NNC(=O)[C@@H](C)CC(Cc1ccc(F)cc1)NC(=O)c1csc([C@@H](C[C@H](C(C)C)N(C)C(=O)C(NC(=O)[C@H]2CCCCN2C)[C@@H](C)CC)OC(C)=O)n1)OC. The summed E-state index contributed by atoms with van der Waals surface area (Å²) in [5.74, 6) is -2.48. The maximum Gasteiger partial charge on any atom is 0.426 e. The van der Waals surface area contributed by atoms with Crippen LogP contribution in [0.1, 0.15) is 198 Å². The zero-order valence-corrected chi connectivity index (χ0v) is 57.4. The molecule has 22 nitrogen and oxygen atoms in total. The third-order valence-corrected chi connectivity index (χ3v) is 19.4. The van der Waals surface area contributed by atoms with Crippen LogP contribution in [-0.2, 0) is 58.9 Å². The number of hydrogen-bond acceptors (Lipinski definition) is 19. The van der Waals surface area contributed by atoms with Crippen molar-refractivity contribution in [2.75, 3.05) is 65.6 Å². The number of benzene rings is 1. The second-order valence-electron chi connectivity index (χ2n) is 23.6. The number of likely N-dealkylation sites (N-methyl/N-ethyl adjacent to an activating group) is 2. The molecule has 9 atom stereocenters. The zero-order valence-electron chi connectivity index (χ0n) is 55.0. The van der Waals surface area contributed by atoms with Crippen LogP contribution in [0.4, 0.5) is 9.18 Å². The number of unbranched alkanes of at least 4 members (excludes halogenated alkanes) is 8. The number of aromatic nitrogens is 1. The molecule has 6 amide bonds. The molecule has 3 rings (SSSR count). The molecule has 0 saturated carbocycles. The van der Waals surface area contributed by atoms with E-state index in [1.807, 2.05) is 46.6 Å². The highest BCUT2D eigenvalue weighted by Gasteiger charge is 2.38. The molecule has 4 unspecified atom stereocenters. The Hall–Kier alpha value is -5.12. The first-order valence-electron chi connectivity index (χ1n) is 32.2. The fourth-order valence-corrected chi connectivity index (χ4v) is 13.1. The number of hydrazine groups is 1. The standard InChI is InChI=1S/C64H105FN8O14S3/c1-11-44(5)58(69-61(80)52-25-20-22-33-72(52)8)63(81)73(9)53(43(3)4)39-54(86-46(7)75)62-68-51(42-88-62)60(79)67-49(38-47-28-30-48(65)31-29-47)37-45(6)59(78)70-71-64(82)84-34-36-90-89-35-23-19-17-15-13-14-16-18-21-32-66-55(76)26-24-27-56(77)85-41-57(83-10)87-50(12-2)40-74/h28-31,42-45,49-50,52-54,57-58,74H,11-27,32-41H2,1-10H3,(H,66,76)(H,67,79)(H,69,80)(H,70,78)(H,71,82)/t44-,45-,49?,50?,52+,53+,54+,57?,58?/m0/s1. The van der Waals surface area contributed by atoms with E-state index in [1.165, 1.54) is 39.0 Å². The highest BCUT2D eigenvalue weighted by molar-refractivity contribution is 8.76. The number of ether oxygens (including phenoxy) is 5. The number of hydrogen-bond donors (Lipinski definition) is 6. The van der Waals surface area contributed by atoms with Gasteiger partial charge in [0.25, 0.3) is 5.91 Å². The fourth-order valence-electron chi connectivity index (χ4n) is 10.3. The number of methoxy groups -OCH3 is 1. The predicted molar refractivity (Wildman–Crippen MR) is 349 cm³/mol. The number of esters is 2. The first-order chi connectivity index (χ1) is 43.1. The largest absolute Gasteiger partial charge is 0.460 e. The van der Waals surface area contributed by atoms with Gasteiger partial charge in [-0.2, -0.15) is 0 Å². The number of likely N-dealkylation sites (tertiary alicyclic amines) is 1. The van der Waals surface area contributed by atoms with Crippen molar-refractivity contribution in [3.8, 4) is 0 Å². The second kappa shape index (κ2) is 45.2. The number of rotatable bonds is 45. The number of halogens is 1. The van der Waals surface area contributed by atoms with Crippen LogP contribution in [0.25, 0.3) is 0 Å². The monoisotopic (exact) mass is 1320 g/mol. The van der Waals surface area contributed by atoms with Crippen molar-refractivity contribution < 1.29 is 71.5 Å². The van der Waals surface area contributed by atoms with Crippen molar-refractivity contribution in [3.63, 3.8) is 0 Å². The van der Waals surface area contributed by atoms with Gasteiger partial charge < -0.3 is 49.6 Å². The Morgan fingerprint density at radius 1 is 0.844 bits per heavy atom. The Balaban J connectivity index is 1.36. The molecular formula is C64H105FN8O14S3. The van der Waals surface area contributed by atoms with Crippen molar-refractivity contribution >= 4 is 80.5 Å². The van der Waals surface area contributed by atoms with E-state index >= 15 is 0 Å². The minimum atomic E-state index is -0.924. The van der Waals surface area contributed by atoms with E-state index in [0.29, 0.717) is 42.1 Å². The summed E-state index contributed by atoms with van der Waals surface area (Å²) in [5.41, 5.74) is 5.46. The number of aliphatic hydroxyl groups excluding tert-OH is 1. The molecule has 510 valence electrons. The van der Waals surface area contributed by atoms with E-state index in [1.54, 1.807) is 58.0 Å². The van der Waals surface area contributed by atoms with Crippen LogP contribution in [-0.4, -0.2) is 170 Å². The molecule has 2 aromatic rings. The van der Waals surface area contributed by atoms with Crippen molar-refractivity contribution in [2.24, 2.45) is 17.8 Å². The summed E-state index contributed by atoms with van der Waals surface area (Å²) in [6.45, 7) is 14.0. The lowest BCUT2D eigenvalue weighted by molar-refractivity contribution is -0.194. The third kappa shape index (κ3) is 31.5. The average Bonchev–Trinajstić information content (AvgIpc) is 2.58. The molecule has 90 heavy (non-hydrogen) atoms. The van der Waals surface area contributed by atoms with Gasteiger partial charge in [0.2, 0.25) is 23.6 Å². The third-order valence-electron chi connectivity index (χ3n) is 16.0. The number of nitrogens with one attached hydrogen (secondary N) is 5. The van der Waals surface area contributed by atoms with E-state index < -0.39 is 78.2 Å². The number of amides is 6. The van der Waals surface area contributed by atoms with Gasteiger partial charge in [-0.1, -0.05) is 133 Å². The van der Waals surface area contributed by atoms with Gasteiger partial charge in [-0.15, -0.1) is 11.3 Å². The molecule has 2 heterocycles. The molecule has 1 aromatic heterocycles. The van der Waals surface area contributed by atoms with Crippen molar-refractivity contribution in [1.29, 1.82) is 0 Å². The Morgan fingerprint density at radius 3 is 2.16 bits per heavy atom. The number of carbonyl (C=O) groups is 8. The summed E-state index contributed by atoms with van der Waals surface area (Å²) in [4.78, 5) is 113. The van der Waals surface area contributed by atoms with Crippen LogP contribution in [0.15, 0.2) is 29.6 Å². The minimum Gasteiger partial charge on any atom is -0.460 e. The topological polar surface area (TPSA) is 282 Å². The van der Waals surface area contributed by atoms with E-state index in [4.69, 9.17) is 23.7 Å². The van der Waals surface area contributed by atoms with Crippen molar-refractivity contribution in [3.05, 3.63) is 51.7 Å². The van der Waals surface area contributed by atoms with E-state index in [-0.39, 0.29) is 93.2 Å². The van der Waals surface area contributed by atoms with E-state index in [0.717, 1.165) is 87.8 Å². The molecule has 6 N–H and O–H groups in total. The van der Waals surface area contributed by atoms with Gasteiger partial charge in [0.15, 0.2) is 12.4 Å². The fraction of sp³-hybridized carbons (Fsp3) is 0.734. The quantitative estimate of drug-likeness (QED) is 0.00899. The van der Waals surface area contributed by atoms with Crippen LogP contribution >= 0.6 is 32.9 Å². The number of thiazole rings is 1. The van der Waals surface area contributed by atoms with Gasteiger partial charge >= 0.3 is 18.0 Å². The van der Waals surface area contributed by atoms with Crippen molar-refractivity contribution in [2.45, 2.75) is 220 Å². The van der Waals surface area contributed by atoms with Crippen LogP contribution < -0.4 is 26.8 Å². The first-order valence-corrected chi connectivity index (χ1v) is 35.6. The molecule has 0 bridgehead atoms. The normalized spacial score (nSPS) is 16.1. The Bertz CT molecular complexity index is 2440. The lowest BCUT2D eigenvalue weighted by Crippen LogP contribution is -2.58. The van der Waals surface area contributed by atoms with Gasteiger partial charge in [0, 0.05) is 81.8 Å². The Labute approximate surface area is 545 Å². The summed E-state index contributed by atoms with van der Waals surface area (Å²) in [7, 11) is 8.39. The van der Waals surface area contributed by atoms with E-state index in [2.05, 4.69) is 31.8 Å². The molecule has 0 spiro atoms. The van der Waals surface area contributed by atoms with Crippen LogP contribution in [0.3, 0.4) is 0 Å². The molecule has 1 aromatic carbocycles. The molecule has 1 aliphatic heterocycles. The zero-order chi connectivity index (χ0) is 66.4. The molecule has 1 saturated heterocycles. The first kappa shape index (κ1) is 79.1. The minimum absolute atomic E-state index is 0.0427. The summed E-state index contributed by atoms with van der Waals surface area (Å²) in [6, 6.07) is 3.61. The molecule has 1 fully saturated rings. The summed E-state index contributed by atoms with van der Waals surface area (Å²) in [6.07, 6.45) is 12.3. The highest BCUT2D eigenvalue weighted by Crippen LogP contribution is 2.32. The maximum absolute atomic E-state index is 14.4. The predicted octanol–water partition coefficient (Wildman–Crippen LogP) is 9.38. The Morgan fingerprint density at radius 2 is 1.52 bits per heavy atom. The molecule has 26 heteroatoms. The lowest BCUT2D eigenvalue weighted by Gasteiger charge is -2.38. The van der Waals surface area contributed by atoms with Crippen molar-refractivity contribution in [1.82, 2.24) is 41.6 Å². The van der Waals surface area contributed by atoms with E-state index in [9.17, 15) is 47.9 Å². The van der Waals surface area contributed by atoms with Crippen LogP contribution in [0.5, 0.6) is 0 Å². The second-order valence-corrected chi connectivity index (χ2v) is 27.2. The van der Waals surface area contributed by atoms with Gasteiger partial charge in [-0.3, -0.25) is 43.9 Å². The summed E-state index contributed by atoms with van der Waals surface area (Å²) < 4.78 is 40.9. The number of piperidine rings is 1. The maximum atomic E-state index is 14.4. The summed E-state index contributed by atoms with van der Waals surface area (Å²) >= 11 is 1.13.